The second-order valence-corrected chi connectivity index (χ2v) is 12.0. The molecule has 9 heteroatoms. The van der Waals surface area contributed by atoms with Gasteiger partial charge in [0, 0.05) is 13.1 Å². The van der Waals surface area contributed by atoms with Gasteiger partial charge in [-0.1, -0.05) is 61.4 Å². The zero-order valence-electron chi connectivity index (χ0n) is 23.0. The normalized spacial score (nSPS) is 12.2. The fourth-order valence-electron chi connectivity index (χ4n) is 4.02. The van der Waals surface area contributed by atoms with Crippen LogP contribution in [0.15, 0.2) is 77.7 Å². The SMILES string of the molecule is Cc1ccc(N(CC(=O)N(Cc2cccc(C)c2)[C@H](C)C(=O)NCC(C)C)S(=O)(=O)c2ccc(F)cc2)cc1. The van der Waals surface area contributed by atoms with Gasteiger partial charge in [0.1, 0.15) is 18.4 Å². The Hall–Kier alpha value is -3.72. The van der Waals surface area contributed by atoms with Gasteiger partial charge in [0.05, 0.1) is 10.6 Å². The number of nitrogens with zero attached hydrogens (tertiary/aromatic N) is 2. The van der Waals surface area contributed by atoms with E-state index in [-0.39, 0.29) is 29.0 Å². The molecule has 3 aromatic carbocycles. The van der Waals surface area contributed by atoms with E-state index in [1.807, 2.05) is 52.0 Å². The molecule has 0 aliphatic rings. The van der Waals surface area contributed by atoms with Crippen LogP contribution in [0, 0.1) is 25.6 Å². The summed E-state index contributed by atoms with van der Waals surface area (Å²) < 4.78 is 42.0. The molecule has 1 N–H and O–H groups in total. The van der Waals surface area contributed by atoms with E-state index in [9.17, 15) is 22.4 Å². The number of anilines is 1. The van der Waals surface area contributed by atoms with Gasteiger partial charge in [0.15, 0.2) is 0 Å². The number of rotatable bonds is 11. The third-order valence-corrected chi connectivity index (χ3v) is 8.08. The van der Waals surface area contributed by atoms with E-state index in [4.69, 9.17) is 0 Å². The second kappa shape index (κ2) is 12.9. The van der Waals surface area contributed by atoms with Gasteiger partial charge in [-0.2, -0.15) is 0 Å². The van der Waals surface area contributed by atoms with Crippen LogP contribution in [0.3, 0.4) is 0 Å². The molecule has 1 atom stereocenters. The summed E-state index contributed by atoms with van der Waals surface area (Å²) >= 11 is 0. The van der Waals surface area contributed by atoms with Crippen LogP contribution in [-0.4, -0.2) is 44.3 Å². The molecule has 0 aromatic heterocycles. The highest BCUT2D eigenvalue weighted by atomic mass is 32.2. The van der Waals surface area contributed by atoms with Crippen LogP contribution in [0.25, 0.3) is 0 Å². The van der Waals surface area contributed by atoms with Crippen molar-refractivity contribution < 1.29 is 22.4 Å². The molecule has 0 saturated carbocycles. The Labute approximate surface area is 230 Å². The first-order valence-corrected chi connectivity index (χ1v) is 14.3. The summed E-state index contributed by atoms with van der Waals surface area (Å²) in [5, 5.41) is 2.87. The number of nitrogens with one attached hydrogen (secondary N) is 1. The largest absolute Gasteiger partial charge is 0.354 e. The minimum absolute atomic E-state index is 0.120. The number of amides is 2. The lowest BCUT2D eigenvalue weighted by Gasteiger charge is -2.32. The van der Waals surface area contributed by atoms with Crippen LogP contribution in [0.4, 0.5) is 10.1 Å². The average molecular weight is 554 g/mol. The summed E-state index contributed by atoms with van der Waals surface area (Å²) in [6.45, 7) is 9.40. The predicted molar refractivity (Wildman–Crippen MR) is 151 cm³/mol. The number of halogens is 1. The fourth-order valence-corrected chi connectivity index (χ4v) is 5.43. The van der Waals surface area contributed by atoms with Crippen molar-refractivity contribution in [2.75, 3.05) is 17.4 Å². The maximum Gasteiger partial charge on any atom is 0.264 e. The molecule has 3 aromatic rings. The number of carbonyl (C=O) groups excluding carboxylic acids is 2. The van der Waals surface area contributed by atoms with Crippen molar-refractivity contribution >= 4 is 27.5 Å². The molecule has 0 spiro atoms. The van der Waals surface area contributed by atoms with E-state index in [1.54, 1.807) is 31.2 Å². The van der Waals surface area contributed by atoms with E-state index < -0.39 is 34.3 Å². The molecule has 3 rings (SSSR count). The van der Waals surface area contributed by atoms with Gasteiger partial charge in [-0.25, -0.2) is 12.8 Å². The zero-order chi connectivity index (χ0) is 28.7. The molecule has 0 radical (unpaired) electrons. The molecular weight excluding hydrogens is 517 g/mol. The van der Waals surface area contributed by atoms with Crippen molar-refractivity contribution in [3.05, 3.63) is 95.3 Å². The first kappa shape index (κ1) is 29.8. The Morgan fingerprint density at radius 2 is 1.54 bits per heavy atom. The third kappa shape index (κ3) is 7.89. The quantitative estimate of drug-likeness (QED) is 0.369. The Balaban J connectivity index is 2.01. The van der Waals surface area contributed by atoms with Crippen LogP contribution >= 0.6 is 0 Å². The topological polar surface area (TPSA) is 86.8 Å². The summed E-state index contributed by atoms with van der Waals surface area (Å²) in [5.41, 5.74) is 3.01. The van der Waals surface area contributed by atoms with Crippen molar-refractivity contribution in [3.63, 3.8) is 0 Å². The first-order valence-electron chi connectivity index (χ1n) is 12.9. The molecule has 0 saturated heterocycles. The molecule has 208 valence electrons. The highest BCUT2D eigenvalue weighted by molar-refractivity contribution is 7.92. The minimum atomic E-state index is -4.24. The van der Waals surface area contributed by atoms with Gasteiger partial charge in [0.2, 0.25) is 11.8 Å². The van der Waals surface area contributed by atoms with Crippen molar-refractivity contribution in [3.8, 4) is 0 Å². The van der Waals surface area contributed by atoms with Crippen LogP contribution in [0.1, 0.15) is 37.5 Å². The summed E-state index contributed by atoms with van der Waals surface area (Å²) in [5.74, 6) is -1.22. The van der Waals surface area contributed by atoms with Crippen molar-refractivity contribution in [2.45, 2.75) is 52.1 Å². The van der Waals surface area contributed by atoms with E-state index in [1.165, 1.54) is 17.0 Å². The van der Waals surface area contributed by atoms with Gasteiger partial charge in [-0.15, -0.1) is 0 Å². The number of carbonyl (C=O) groups is 2. The van der Waals surface area contributed by atoms with Crippen LogP contribution in [0.5, 0.6) is 0 Å². The van der Waals surface area contributed by atoms with Gasteiger partial charge in [-0.3, -0.25) is 13.9 Å². The van der Waals surface area contributed by atoms with Crippen molar-refractivity contribution in [2.24, 2.45) is 5.92 Å². The molecular formula is C30H36FN3O4S. The van der Waals surface area contributed by atoms with E-state index in [2.05, 4.69) is 5.32 Å². The maximum atomic E-state index is 13.9. The van der Waals surface area contributed by atoms with Gasteiger partial charge in [0.25, 0.3) is 10.0 Å². The van der Waals surface area contributed by atoms with E-state index >= 15 is 0 Å². The Morgan fingerprint density at radius 3 is 2.13 bits per heavy atom. The average Bonchev–Trinajstić information content (AvgIpc) is 2.89. The van der Waals surface area contributed by atoms with E-state index in [0.29, 0.717) is 6.54 Å². The lowest BCUT2D eigenvalue weighted by atomic mass is 10.1. The van der Waals surface area contributed by atoms with Crippen molar-refractivity contribution in [1.82, 2.24) is 10.2 Å². The monoisotopic (exact) mass is 553 g/mol. The number of benzene rings is 3. The molecule has 0 aliphatic carbocycles. The summed E-state index contributed by atoms with van der Waals surface area (Å²) in [6.07, 6.45) is 0. The molecule has 0 heterocycles. The lowest BCUT2D eigenvalue weighted by Crippen LogP contribution is -2.51. The molecule has 39 heavy (non-hydrogen) atoms. The van der Waals surface area contributed by atoms with Gasteiger partial charge < -0.3 is 10.2 Å². The standard InChI is InChI=1S/C30H36FN3O4S/c1-21(2)18-32-30(36)24(5)33(19-25-8-6-7-23(4)17-25)29(35)20-34(27-13-9-22(3)10-14-27)39(37,38)28-15-11-26(31)12-16-28/h6-17,21,24H,18-20H2,1-5H3,(H,32,36)/t24-/m1/s1. The first-order chi connectivity index (χ1) is 18.4. The number of hydrogen-bond donors (Lipinski definition) is 1. The fraction of sp³-hybridized carbons (Fsp3) is 0.333. The summed E-state index contributed by atoms with van der Waals surface area (Å²) in [7, 11) is -4.24. The second-order valence-electron chi connectivity index (χ2n) is 10.1. The Morgan fingerprint density at radius 1 is 0.897 bits per heavy atom. The predicted octanol–water partition coefficient (Wildman–Crippen LogP) is 4.83. The highest BCUT2D eigenvalue weighted by Crippen LogP contribution is 2.25. The Bertz CT molecular complexity index is 1390. The van der Waals surface area contributed by atoms with E-state index in [0.717, 1.165) is 33.1 Å². The maximum absolute atomic E-state index is 13.9. The minimum Gasteiger partial charge on any atom is -0.354 e. The molecule has 0 bridgehead atoms. The molecule has 0 unspecified atom stereocenters. The van der Waals surface area contributed by atoms with Crippen LogP contribution in [-0.2, 0) is 26.2 Å². The molecule has 0 fully saturated rings. The number of hydrogen-bond acceptors (Lipinski definition) is 4. The number of sulfonamides is 1. The molecule has 7 nitrogen and oxygen atoms in total. The van der Waals surface area contributed by atoms with Crippen LogP contribution in [0.2, 0.25) is 0 Å². The third-order valence-electron chi connectivity index (χ3n) is 6.29. The van der Waals surface area contributed by atoms with Gasteiger partial charge >= 0.3 is 0 Å². The lowest BCUT2D eigenvalue weighted by molar-refractivity contribution is -0.139. The summed E-state index contributed by atoms with van der Waals surface area (Å²) in [4.78, 5) is 28.1. The molecule has 0 aliphatic heterocycles. The number of aryl methyl sites for hydroxylation is 2. The Kier molecular flexibility index (Phi) is 9.86. The van der Waals surface area contributed by atoms with Crippen molar-refractivity contribution in [1.29, 1.82) is 0 Å². The molecule has 2 amide bonds. The highest BCUT2D eigenvalue weighted by Gasteiger charge is 2.32. The zero-order valence-corrected chi connectivity index (χ0v) is 23.8. The van der Waals surface area contributed by atoms with Crippen LogP contribution < -0.4 is 9.62 Å². The summed E-state index contributed by atoms with van der Waals surface area (Å²) in [6, 6.07) is 17.9. The smallest absolute Gasteiger partial charge is 0.264 e. The van der Waals surface area contributed by atoms with Gasteiger partial charge in [-0.05, 0) is 68.7 Å².